The van der Waals surface area contributed by atoms with Gasteiger partial charge in [0.15, 0.2) is 0 Å². The number of hydrogen-bond donors (Lipinski definition) is 1. The van der Waals surface area contributed by atoms with Crippen LogP contribution in [-0.2, 0) is 4.74 Å². The summed E-state index contributed by atoms with van der Waals surface area (Å²) in [6, 6.07) is 0.710. The van der Waals surface area contributed by atoms with Crippen molar-refractivity contribution < 1.29 is 4.74 Å². The van der Waals surface area contributed by atoms with Crippen molar-refractivity contribution in [2.75, 3.05) is 32.8 Å². The number of piperidine rings is 1. The number of nitrogens with two attached hydrogens (primary N) is 1. The highest BCUT2D eigenvalue weighted by atomic mass is 16.5. The van der Waals surface area contributed by atoms with Gasteiger partial charge >= 0.3 is 0 Å². The van der Waals surface area contributed by atoms with Crippen molar-refractivity contribution in [2.24, 2.45) is 11.7 Å². The minimum absolute atomic E-state index is 0.640. The van der Waals surface area contributed by atoms with Crippen LogP contribution in [0.1, 0.15) is 39.5 Å². The maximum atomic E-state index is 5.66. The fraction of sp³-hybridized carbons (Fsp3) is 1.00. The van der Waals surface area contributed by atoms with E-state index in [4.69, 9.17) is 10.5 Å². The molecule has 0 aromatic rings. The lowest BCUT2D eigenvalue weighted by molar-refractivity contribution is 0.0586. The lowest BCUT2D eigenvalue weighted by Crippen LogP contribution is -2.42. The monoisotopic (exact) mass is 228 g/mol. The van der Waals surface area contributed by atoms with Gasteiger partial charge < -0.3 is 10.5 Å². The number of rotatable bonds is 7. The van der Waals surface area contributed by atoms with E-state index in [1.807, 2.05) is 0 Å². The van der Waals surface area contributed by atoms with Crippen LogP contribution in [0.2, 0.25) is 0 Å². The molecule has 0 radical (unpaired) electrons. The predicted octanol–water partition coefficient (Wildman–Crippen LogP) is 1.86. The summed E-state index contributed by atoms with van der Waals surface area (Å²) in [7, 11) is 0. The van der Waals surface area contributed by atoms with E-state index in [1.54, 1.807) is 0 Å². The lowest BCUT2D eigenvalue weighted by atomic mass is 9.99. The molecule has 1 saturated heterocycles. The molecule has 1 rings (SSSR count). The van der Waals surface area contributed by atoms with Crippen LogP contribution in [0.4, 0.5) is 0 Å². The first-order chi connectivity index (χ1) is 7.74. The van der Waals surface area contributed by atoms with Gasteiger partial charge in [0.2, 0.25) is 0 Å². The molecule has 0 aromatic carbocycles. The van der Waals surface area contributed by atoms with Crippen molar-refractivity contribution in [1.82, 2.24) is 4.90 Å². The quantitative estimate of drug-likeness (QED) is 0.676. The van der Waals surface area contributed by atoms with Gasteiger partial charge in [-0.25, -0.2) is 0 Å². The Kier molecular flexibility index (Phi) is 7.01. The maximum absolute atomic E-state index is 5.66. The summed E-state index contributed by atoms with van der Waals surface area (Å²) in [4.78, 5) is 2.57. The molecule has 0 saturated carbocycles. The third kappa shape index (κ3) is 5.28. The number of nitrogens with zero attached hydrogens (tertiary/aromatic N) is 1. The molecule has 96 valence electrons. The largest absolute Gasteiger partial charge is 0.380 e. The van der Waals surface area contributed by atoms with Crippen molar-refractivity contribution in [1.29, 1.82) is 0 Å². The van der Waals surface area contributed by atoms with Crippen molar-refractivity contribution in [2.45, 2.75) is 45.6 Å². The fourth-order valence-electron chi connectivity index (χ4n) is 2.37. The Morgan fingerprint density at radius 3 is 2.88 bits per heavy atom. The highest BCUT2D eigenvalue weighted by Gasteiger charge is 2.20. The van der Waals surface area contributed by atoms with Gasteiger partial charge in [-0.05, 0) is 38.3 Å². The van der Waals surface area contributed by atoms with Crippen molar-refractivity contribution in [3.63, 3.8) is 0 Å². The van der Waals surface area contributed by atoms with Crippen LogP contribution < -0.4 is 5.73 Å². The molecule has 0 aromatic heterocycles. The Balaban J connectivity index is 2.16. The Labute approximate surface area is 100 Å². The van der Waals surface area contributed by atoms with Gasteiger partial charge in [-0.3, -0.25) is 4.90 Å². The van der Waals surface area contributed by atoms with E-state index >= 15 is 0 Å². The van der Waals surface area contributed by atoms with E-state index in [2.05, 4.69) is 18.7 Å². The third-order valence-corrected chi connectivity index (χ3v) is 3.22. The van der Waals surface area contributed by atoms with E-state index < -0.39 is 0 Å². The number of ether oxygens (including phenoxy) is 1. The summed E-state index contributed by atoms with van der Waals surface area (Å²) in [5, 5.41) is 0. The molecule has 1 aliphatic heterocycles. The Bertz CT molecular complexity index is 171. The molecule has 0 amide bonds. The van der Waals surface area contributed by atoms with E-state index in [9.17, 15) is 0 Å². The molecule has 3 nitrogen and oxygen atoms in total. The van der Waals surface area contributed by atoms with Gasteiger partial charge in [0.05, 0.1) is 6.61 Å². The molecule has 0 spiro atoms. The van der Waals surface area contributed by atoms with Gasteiger partial charge in [0.1, 0.15) is 0 Å². The first-order valence-corrected chi connectivity index (χ1v) is 6.76. The Morgan fingerprint density at radius 2 is 2.19 bits per heavy atom. The van der Waals surface area contributed by atoms with Gasteiger partial charge in [-0.1, -0.05) is 20.3 Å². The van der Waals surface area contributed by atoms with Crippen LogP contribution in [0.5, 0.6) is 0 Å². The van der Waals surface area contributed by atoms with Crippen LogP contribution in [0.25, 0.3) is 0 Å². The first kappa shape index (κ1) is 13.9. The molecule has 1 unspecified atom stereocenters. The standard InChI is InChI=1S/C13H28N2O/c1-12(2)11-16-10-9-15-8-4-3-5-13(15)6-7-14/h12-13H,3-11,14H2,1-2H3. The summed E-state index contributed by atoms with van der Waals surface area (Å²) >= 11 is 0. The topological polar surface area (TPSA) is 38.5 Å². The molecule has 2 N–H and O–H groups in total. The number of likely N-dealkylation sites (tertiary alicyclic amines) is 1. The second kappa shape index (κ2) is 8.04. The second-order valence-corrected chi connectivity index (χ2v) is 5.23. The van der Waals surface area contributed by atoms with Crippen molar-refractivity contribution >= 4 is 0 Å². The fourth-order valence-corrected chi connectivity index (χ4v) is 2.37. The van der Waals surface area contributed by atoms with Crippen LogP contribution in [0.3, 0.4) is 0 Å². The van der Waals surface area contributed by atoms with E-state index in [0.717, 1.165) is 32.7 Å². The molecule has 1 heterocycles. The molecule has 1 fully saturated rings. The summed E-state index contributed by atoms with van der Waals surface area (Å²) in [5.41, 5.74) is 5.66. The van der Waals surface area contributed by atoms with Crippen LogP contribution >= 0.6 is 0 Å². The van der Waals surface area contributed by atoms with E-state index in [1.165, 1.54) is 25.8 Å². The zero-order valence-corrected chi connectivity index (χ0v) is 11.0. The third-order valence-electron chi connectivity index (χ3n) is 3.22. The maximum Gasteiger partial charge on any atom is 0.0593 e. The molecule has 16 heavy (non-hydrogen) atoms. The zero-order valence-electron chi connectivity index (χ0n) is 11.0. The molecule has 0 bridgehead atoms. The predicted molar refractivity (Wildman–Crippen MR) is 68.5 cm³/mol. The highest BCUT2D eigenvalue weighted by molar-refractivity contribution is 4.76. The van der Waals surface area contributed by atoms with E-state index in [0.29, 0.717) is 12.0 Å². The second-order valence-electron chi connectivity index (χ2n) is 5.23. The molecular weight excluding hydrogens is 200 g/mol. The molecular formula is C13H28N2O. The zero-order chi connectivity index (χ0) is 11.8. The van der Waals surface area contributed by atoms with Crippen LogP contribution in [-0.4, -0.2) is 43.8 Å². The summed E-state index contributed by atoms with van der Waals surface area (Å²) in [5.74, 6) is 0.640. The Hall–Kier alpha value is -0.120. The summed E-state index contributed by atoms with van der Waals surface area (Å²) in [6.45, 7) is 9.27. The van der Waals surface area contributed by atoms with Gasteiger partial charge in [0.25, 0.3) is 0 Å². The summed E-state index contributed by atoms with van der Waals surface area (Å²) < 4.78 is 5.65. The SMILES string of the molecule is CC(C)COCCN1CCCCC1CCN. The Morgan fingerprint density at radius 1 is 1.38 bits per heavy atom. The smallest absolute Gasteiger partial charge is 0.0593 e. The van der Waals surface area contributed by atoms with Crippen LogP contribution in [0.15, 0.2) is 0 Å². The average molecular weight is 228 g/mol. The minimum atomic E-state index is 0.640. The van der Waals surface area contributed by atoms with Crippen molar-refractivity contribution in [3.8, 4) is 0 Å². The van der Waals surface area contributed by atoms with Gasteiger partial charge in [0, 0.05) is 19.2 Å². The minimum Gasteiger partial charge on any atom is -0.380 e. The number of hydrogen-bond acceptors (Lipinski definition) is 3. The highest BCUT2D eigenvalue weighted by Crippen LogP contribution is 2.18. The summed E-state index contributed by atoms with van der Waals surface area (Å²) in [6.07, 6.45) is 5.17. The molecule has 1 aliphatic rings. The molecule has 3 heteroatoms. The van der Waals surface area contributed by atoms with Gasteiger partial charge in [-0.15, -0.1) is 0 Å². The molecule has 1 atom stereocenters. The lowest BCUT2D eigenvalue weighted by Gasteiger charge is -2.35. The van der Waals surface area contributed by atoms with Gasteiger partial charge in [-0.2, -0.15) is 0 Å². The van der Waals surface area contributed by atoms with Crippen LogP contribution in [0, 0.1) is 5.92 Å². The van der Waals surface area contributed by atoms with E-state index in [-0.39, 0.29) is 0 Å². The molecule has 0 aliphatic carbocycles. The normalized spacial score (nSPS) is 22.9. The first-order valence-electron chi connectivity index (χ1n) is 6.76. The average Bonchev–Trinajstić information content (AvgIpc) is 2.26. The van der Waals surface area contributed by atoms with Crippen molar-refractivity contribution in [3.05, 3.63) is 0 Å².